The summed E-state index contributed by atoms with van der Waals surface area (Å²) in [6.45, 7) is 8.33. The lowest BCUT2D eigenvalue weighted by atomic mass is 9.90. The molecule has 0 aliphatic carbocycles. The predicted molar refractivity (Wildman–Crippen MR) is 134 cm³/mol. The molecule has 0 radical (unpaired) electrons. The van der Waals surface area contributed by atoms with E-state index in [1.807, 2.05) is 31.2 Å². The molecule has 0 aliphatic rings. The molecular weight excluding hydrogens is 430 g/mol. The summed E-state index contributed by atoms with van der Waals surface area (Å²) in [5.74, 6) is 0.732. The molecule has 4 nitrogen and oxygen atoms in total. The van der Waals surface area contributed by atoms with Gasteiger partial charge in [0.2, 0.25) is 0 Å². The highest BCUT2D eigenvalue weighted by Gasteiger charge is 2.22. The van der Waals surface area contributed by atoms with E-state index < -0.39 is 0 Å². The van der Waals surface area contributed by atoms with E-state index in [4.69, 9.17) is 4.42 Å². The minimum Gasteiger partial charge on any atom is -0.507 e. The van der Waals surface area contributed by atoms with Crippen molar-refractivity contribution >= 4 is 28.6 Å². The van der Waals surface area contributed by atoms with Crippen molar-refractivity contribution in [2.24, 2.45) is 5.92 Å². The summed E-state index contributed by atoms with van der Waals surface area (Å²) in [5.41, 5.74) is 5.95. The van der Waals surface area contributed by atoms with Gasteiger partial charge in [0.1, 0.15) is 11.3 Å². The molecule has 0 amide bonds. The van der Waals surface area contributed by atoms with Crippen LogP contribution in [0.25, 0.3) is 11.1 Å². The Morgan fingerprint density at radius 2 is 1.79 bits per heavy atom. The number of aromatic nitrogens is 1. The van der Waals surface area contributed by atoms with Crippen molar-refractivity contribution in [3.8, 4) is 5.75 Å². The number of oxazole rings is 1. The van der Waals surface area contributed by atoms with Gasteiger partial charge in [-0.25, -0.2) is 4.98 Å². The van der Waals surface area contributed by atoms with Crippen molar-refractivity contribution in [1.82, 2.24) is 4.98 Å². The smallest absolute Gasteiger partial charge is 0.257 e. The van der Waals surface area contributed by atoms with Crippen LogP contribution in [0, 0.1) is 12.8 Å². The fourth-order valence-corrected chi connectivity index (χ4v) is 4.83. The molecule has 33 heavy (non-hydrogen) atoms. The van der Waals surface area contributed by atoms with Crippen molar-refractivity contribution in [3.63, 3.8) is 0 Å². The SMILES string of the molecule is Cc1ccccc1CSc1nc2cc(C(=O)C(C)c3ccc(CC(C)C)cc3)c(O)cc2o1. The number of nitrogens with zero attached hydrogens (tertiary/aromatic N) is 1. The van der Waals surface area contributed by atoms with E-state index in [0.717, 1.165) is 17.7 Å². The second kappa shape index (κ2) is 9.84. The van der Waals surface area contributed by atoms with Crippen LogP contribution in [-0.4, -0.2) is 15.9 Å². The van der Waals surface area contributed by atoms with Gasteiger partial charge < -0.3 is 9.52 Å². The zero-order valence-electron chi connectivity index (χ0n) is 19.5. The monoisotopic (exact) mass is 459 g/mol. The van der Waals surface area contributed by atoms with E-state index in [9.17, 15) is 9.90 Å². The summed E-state index contributed by atoms with van der Waals surface area (Å²) in [4.78, 5) is 17.7. The largest absolute Gasteiger partial charge is 0.507 e. The minimum atomic E-state index is -0.372. The highest BCUT2D eigenvalue weighted by Crippen LogP contribution is 2.33. The van der Waals surface area contributed by atoms with Crippen molar-refractivity contribution in [2.75, 3.05) is 0 Å². The second-order valence-electron chi connectivity index (χ2n) is 8.96. The Labute approximate surface area is 199 Å². The van der Waals surface area contributed by atoms with Crippen LogP contribution in [-0.2, 0) is 12.2 Å². The molecule has 1 N–H and O–H groups in total. The predicted octanol–water partition coefficient (Wildman–Crippen LogP) is 7.32. The van der Waals surface area contributed by atoms with Gasteiger partial charge in [0.05, 0.1) is 5.56 Å². The molecule has 1 unspecified atom stereocenters. The van der Waals surface area contributed by atoms with Crippen molar-refractivity contribution in [2.45, 2.75) is 51.0 Å². The third-order valence-electron chi connectivity index (χ3n) is 5.88. The van der Waals surface area contributed by atoms with Crippen LogP contribution in [0.1, 0.15) is 59.3 Å². The number of aryl methyl sites for hydroxylation is 1. The number of phenolic OH excluding ortho intramolecular Hbond substituents is 1. The molecule has 1 atom stereocenters. The Hall–Kier alpha value is -3.05. The van der Waals surface area contributed by atoms with Crippen LogP contribution < -0.4 is 0 Å². The lowest BCUT2D eigenvalue weighted by Crippen LogP contribution is -2.10. The molecule has 0 spiro atoms. The number of thioether (sulfide) groups is 1. The number of carbonyl (C=O) groups excluding carboxylic acids is 1. The lowest BCUT2D eigenvalue weighted by Gasteiger charge is -2.13. The third-order valence-corrected chi connectivity index (χ3v) is 6.76. The summed E-state index contributed by atoms with van der Waals surface area (Å²) in [5, 5.41) is 11.1. The molecular formula is C28H29NO3S. The number of phenols is 1. The van der Waals surface area contributed by atoms with Gasteiger partial charge in [0, 0.05) is 17.7 Å². The maximum Gasteiger partial charge on any atom is 0.257 e. The maximum absolute atomic E-state index is 13.2. The molecule has 170 valence electrons. The van der Waals surface area contributed by atoms with Crippen LogP contribution in [0.2, 0.25) is 0 Å². The molecule has 5 heteroatoms. The first kappa shape index (κ1) is 23.1. The number of hydrogen-bond donors (Lipinski definition) is 1. The van der Waals surface area contributed by atoms with Crippen LogP contribution in [0.3, 0.4) is 0 Å². The van der Waals surface area contributed by atoms with Crippen molar-refractivity contribution in [3.05, 3.63) is 88.5 Å². The fraction of sp³-hybridized carbons (Fsp3) is 0.286. The first-order valence-corrected chi connectivity index (χ1v) is 12.2. The molecule has 0 bridgehead atoms. The van der Waals surface area contributed by atoms with E-state index in [-0.39, 0.29) is 23.0 Å². The average Bonchev–Trinajstić information content (AvgIpc) is 3.18. The number of aromatic hydroxyl groups is 1. The highest BCUT2D eigenvalue weighted by molar-refractivity contribution is 7.98. The van der Waals surface area contributed by atoms with Crippen LogP contribution in [0.5, 0.6) is 5.75 Å². The highest BCUT2D eigenvalue weighted by atomic mass is 32.2. The molecule has 0 aliphatic heterocycles. The van der Waals surface area contributed by atoms with Gasteiger partial charge in [-0.3, -0.25) is 4.79 Å². The summed E-state index contributed by atoms with van der Waals surface area (Å²) in [6.07, 6.45) is 1.01. The molecule has 1 heterocycles. The molecule has 0 saturated heterocycles. The van der Waals surface area contributed by atoms with Crippen LogP contribution >= 0.6 is 11.8 Å². The van der Waals surface area contributed by atoms with Gasteiger partial charge in [0.15, 0.2) is 11.4 Å². The number of hydrogen-bond acceptors (Lipinski definition) is 5. The first-order chi connectivity index (χ1) is 15.8. The van der Waals surface area contributed by atoms with Gasteiger partial charge in [-0.05, 0) is 47.6 Å². The second-order valence-corrected chi connectivity index (χ2v) is 9.88. The zero-order valence-corrected chi connectivity index (χ0v) is 20.3. The summed E-state index contributed by atoms with van der Waals surface area (Å²) < 4.78 is 5.82. The summed E-state index contributed by atoms with van der Waals surface area (Å²) >= 11 is 1.50. The van der Waals surface area contributed by atoms with Gasteiger partial charge in [-0.1, -0.05) is 81.1 Å². The summed E-state index contributed by atoms with van der Waals surface area (Å²) in [7, 11) is 0. The molecule has 4 rings (SSSR count). The maximum atomic E-state index is 13.2. The first-order valence-electron chi connectivity index (χ1n) is 11.3. The number of fused-ring (bicyclic) bond motifs is 1. The van der Waals surface area contributed by atoms with Crippen LogP contribution in [0.4, 0.5) is 0 Å². The molecule has 0 saturated carbocycles. The van der Waals surface area contributed by atoms with E-state index in [1.54, 1.807) is 6.07 Å². The standard InChI is InChI=1S/C28H29NO3S/c1-17(2)13-20-9-11-21(12-10-20)19(4)27(31)23-14-24-26(15-25(23)30)32-28(29-24)33-16-22-8-6-5-7-18(22)3/h5-12,14-15,17,19,30H,13,16H2,1-4H3. The Bertz CT molecular complexity index is 1270. The van der Waals surface area contributed by atoms with E-state index in [2.05, 4.69) is 50.0 Å². The van der Waals surface area contributed by atoms with Crippen molar-refractivity contribution < 1.29 is 14.3 Å². The van der Waals surface area contributed by atoms with Gasteiger partial charge in [0.25, 0.3) is 5.22 Å². The Morgan fingerprint density at radius 3 is 2.48 bits per heavy atom. The number of Topliss-reactive ketones (excluding diaryl/α,β-unsaturated/α-hetero) is 1. The average molecular weight is 460 g/mol. The topological polar surface area (TPSA) is 63.3 Å². The molecule has 0 fully saturated rings. The minimum absolute atomic E-state index is 0.0811. The lowest BCUT2D eigenvalue weighted by molar-refractivity contribution is 0.0963. The van der Waals surface area contributed by atoms with Gasteiger partial charge >= 0.3 is 0 Å². The van der Waals surface area contributed by atoms with E-state index >= 15 is 0 Å². The van der Waals surface area contributed by atoms with Gasteiger partial charge in [-0.2, -0.15) is 0 Å². The van der Waals surface area contributed by atoms with Gasteiger partial charge in [-0.15, -0.1) is 0 Å². The van der Waals surface area contributed by atoms with Crippen LogP contribution in [0.15, 0.2) is 70.3 Å². The van der Waals surface area contributed by atoms with E-state index in [1.165, 1.54) is 34.5 Å². The Morgan fingerprint density at radius 1 is 1.06 bits per heavy atom. The normalized spacial score (nSPS) is 12.4. The Kier molecular flexibility index (Phi) is 6.89. The molecule has 4 aromatic rings. The molecule has 3 aromatic carbocycles. The van der Waals surface area contributed by atoms with E-state index in [0.29, 0.717) is 22.2 Å². The fourth-order valence-electron chi connectivity index (χ4n) is 3.91. The number of benzene rings is 3. The summed E-state index contributed by atoms with van der Waals surface area (Å²) in [6, 6.07) is 19.5. The quantitative estimate of drug-likeness (QED) is 0.221. The number of ketones is 1. The Balaban J connectivity index is 1.53. The number of rotatable bonds is 8. The molecule has 1 aromatic heterocycles. The van der Waals surface area contributed by atoms with Crippen molar-refractivity contribution in [1.29, 1.82) is 0 Å². The third kappa shape index (κ3) is 5.31. The zero-order chi connectivity index (χ0) is 23.5. The number of carbonyl (C=O) groups is 1.